The van der Waals surface area contributed by atoms with Crippen LogP contribution in [-0.4, -0.2) is 34.2 Å². The molecule has 5 heteroatoms. The molecule has 3 unspecified atom stereocenters. The standard InChI is InChI=1S/C23H31NO4/c1-16(18-7-5-6-8-18)9-10-19-13-20(19)15-28-24-14-17-11-21(25-2)23(27-4)22(12-17)26-3/h5-7,11-12,14,16,19-20H,8-10,13,15H2,1-4H3/b24-14+. The predicted molar refractivity (Wildman–Crippen MR) is 111 cm³/mol. The average molecular weight is 386 g/mol. The smallest absolute Gasteiger partial charge is 0.203 e. The molecule has 2 aliphatic carbocycles. The van der Waals surface area contributed by atoms with Gasteiger partial charge in [-0.3, -0.25) is 0 Å². The number of rotatable bonds is 11. The lowest BCUT2D eigenvalue weighted by molar-refractivity contribution is 0.131. The van der Waals surface area contributed by atoms with Gasteiger partial charge in [-0.2, -0.15) is 0 Å². The summed E-state index contributed by atoms with van der Waals surface area (Å²) in [6.45, 7) is 3.03. The van der Waals surface area contributed by atoms with Crippen LogP contribution >= 0.6 is 0 Å². The number of hydrogen-bond acceptors (Lipinski definition) is 5. The molecule has 2 aliphatic rings. The third-order valence-corrected chi connectivity index (χ3v) is 5.72. The Labute approximate surface area is 168 Å². The van der Waals surface area contributed by atoms with E-state index in [2.05, 4.69) is 30.3 Å². The minimum absolute atomic E-state index is 0.572. The van der Waals surface area contributed by atoms with Crippen LogP contribution in [0.5, 0.6) is 17.2 Å². The van der Waals surface area contributed by atoms with Gasteiger partial charge in [0, 0.05) is 5.56 Å². The summed E-state index contributed by atoms with van der Waals surface area (Å²) >= 11 is 0. The van der Waals surface area contributed by atoms with Gasteiger partial charge < -0.3 is 19.0 Å². The summed E-state index contributed by atoms with van der Waals surface area (Å²) in [7, 11) is 4.79. The summed E-state index contributed by atoms with van der Waals surface area (Å²) < 4.78 is 16.0. The van der Waals surface area contributed by atoms with Gasteiger partial charge in [0.05, 0.1) is 27.5 Å². The van der Waals surface area contributed by atoms with Crippen LogP contribution in [0.1, 0.15) is 38.2 Å². The number of ether oxygens (including phenoxy) is 3. The maximum absolute atomic E-state index is 5.54. The van der Waals surface area contributed by atoms with Crippen LogP contribution in [0.2, 0.25) is 0 Å². The summed E-state index contributed by atoms with van der Waals surface area (Å²) in [5.74, 6) is 3.89. The first kappa shape index (κ1) is 20.3. The van der Waals surface area contributed by atoms with E-state index in [-0.39, 0.29) is 0 Å². The number of nitrogens with zero attached hydrogens (tertiary/aromatic N) is 1. The SMILES string of the molecule is COc1cc(/C=N/OCC2CC2CCC(C)C2=CC=CC2)cc(OC)c1OC. The summed E-state index contributed by atoms with van der Waals surface area (Å²) in [6.07, 6.45) is 13.3. The molecule has 5 nitrogen and oxygen atoms in total. The average Bonchev–Trinajstić information content (AvgIpc) is 3.23. The van der Waals surface area contributed by atoms with Crippen LogP contribution in [0.3, 0.4) is 0 Å². The fourth-order valence-electron chi connectivity index (χ4n) is 3.76. The minimum Gasteiger partial charge on any atom is -0.493 e. The van der Waals surface area contributed by atoms with Crippen molar-refractivity contribution >= 4 is 6.21 Å². The quantitative estimate of drug-likeness (QED) is 0.397. The third-order valence-electron chi connectivity index (χ3n) is 5.72. The zero-order valence-corrected chi connectivity index (χ0v) is 17.3. The van der Waals surface area contributed by atoms with E-state index in [0.717, 1.165) is 17.9 Å². The van der Waals surface area contributed by atoms with Crippen LogP contribution in [0.4, 0.5) is 0 Å². The molecule has 0 aliphatic heterocycles. The fourth-order valence-corrected chi connectivity index (χ4v) is 3.76. The number of methoxy groups -OCH3 is 3. The molecule has 0 N–H and O–H groups in total. The maximum Gasteiger partial charge on any atom is 0.203 e. The Morgan fingerprint density at radius 1 is 1.11 bits per heavy atom. The van der Waals surface area contributed by atoms with Crippen molar-refractivity contribution in [2.75, 3.05) is 27.9 Å². The minimum atomic E-state index is 0.572. The summed E-state index contributed by atoms with van der Waals surface area (Å²) in [4.78, 5) is 5.54. The van der Waals surface area contributed by atoms with Crippen molar-refractivity contribution in [3.8, 4) is 17.2 Å². The second-order valence-corrected chi connectivity index (χ2v) is 7.60. The van der Waals surface area contributed by atoms with E-state index in [1.54, 1.807) is 33.1 Å². The Hall–Kier alpha value is -2.43. The van der Waals surface area contributed by atoms with Gasteiger partial charge in [0.25, 0.3) is 0 Å². The highest BCUT2D eigenvalue weighted by molar-refractivity contribution is 5.82. The third kappa shape index (κ3) is 5.09. The van der Waals surface area contributed by atoms with E-state index in [0.29, 0.717) is 35.7 Å². The number of hydrogen-bond donors (Lipinski definition) is 0. The summed E-state index contributed by atoms with van der Waals surface area (Å²) in [6, 6.07) is 3.70. The first-order valence-electron chi connectivity index (χ1n) is 9.97. The molecule has 152 valence electrons. The van der Waals surface area contributed by atoms with E-state index in [1.807, 2.05) is 12.1 Å². The molecule has 0 aromatic heterocycles. The number of benzene rings is 1. The Bertz CT molecular complexity index is 728. The second kappa shape index (κ2) is 9.67. The molecule has 1 saturated carbocycles. The van der Waals surface area contributed by atoms with Crippen LogP contribution in [0.25, 0.3) is 0 Å². The Kier molecular flexibility index (Phi) is 7.01. The van der Waals surface area contributed by atoms with Gasteiger partial charge in [-0.05, 0) is 55.6 Å². The van der Waals surface area contributed by atoms with E-state index >= 15 is 0 Å². The van der Waals surface area contributed by atoms with Crippen LogP contribution in [0, 0.1) is 17.8 Å². The van der Waals surface area contributed by atoms with Crippen molar-refractivity contribution in [3.05, 3.63) is 41.5 Å². The number of oxime groups is 1. The molecule has 0 heterocycles. The van der Waals surface area contributed by atoms with Gasteiger partial charge in [0.15, 0.2) is 11.5 Å². The van der Waals surface area contributed by atoms with Crippen molar-refractivity contribution in [1.29, 1.82) is 0 Å². The molecule has 3 rings (SSSR count). The van der Waals surface area contributed by atoms with E-state index in [1.165, 1.54) is 19.3 Å². The predicted octanol–water partition coefficient (Wildman–Crippen LogP) is 5.00. The molecule has 1 aromatic carbocycles. The lowest BCUT2D eigenvalue weighted by atomic mass is 9.94. The van der Waals surface area contributed by atoms with Gasteiger partial charge in [-0.25, -0.2) is 0 Å². The van der Waals surface area contributed by atoms with Gasteiger partial charge in [0.1, 0.15) is 6.61 Å². The molecule has 28 heavy (non-hydrogen) atoms. The highest BCUT2D eigenvalue weighted by Crippen LogP contribution is 2.43. The van der Waals surface area contributed by atoms with Crippen molar-refractivity contribution in [3.63, 3.8) is 0 Å². The summed E-state index contributed by atoms with van der Waals surface area (Å²) in [5, 5.41) is 4.13. The van der Waals surface area contributed by atoms with Crippen molar-refractivity contribution in [2.45, 2.75) is 32.6 Å². The van der Waals surface area contributed by atoms with Gasteiger partial charge in [-0.15, -0.1) is 0 Å². The van der Waals surface area contributed by atoms with Crippen LogP contribution in [-0.2, 0) is 4.84 Å². The maximum atomic E-state index is 5.54. The molecule has 1 fully saturated rings. The second-order valence-electron chi connectivity index (χ2n) is 7.60. The number of allylic oxidation sites excluding steroid dienone is 4. The van der Waals surface area contributed by atoms with Crippen molar-refractivity contribution in [2.24, 2.45) is 22.9 Å². The van der Waals surface area contributed by atoms with Gasteiger partial charge in [0.2, 0.25) is 5.75 Å². The zero-order chi connectivity index (χ0) is 19.9. The normalized spacial score (nSPS) is 21.5. The molecule has 1 aromatic rings. The Balaban J connectivity index is 1.41. The van der Waals surface area contributed by atoms with E-state index in [4.69, 9.17) is 19.0 Å². The fraction of sp³-hybridized carbons (Fsp3) is 0.522. The zero-order valence-electron chi connectivity index (χ0n) is 17.3. The first-order chi connectivity index (χ1) is 13.7. The molecule has 0 spiro atoms. The van der Waals surface area contributed by atoms with Crippen LogP contribution < -0.4 is 14.2 Å². The molecular weight excluding hydrogens is 354 g/mol. The van der Waals surface area contributed by atoms with Crippen LogP contribution in [0.15, 0.2) is 41.1 Å². The van der Waals surface area contributed by atoms with E-state index in [9.17, 15) is 0 Å². The molecule has 0 saturated heterocycles. The molecule has 0 bridgehead atoms. The highest BCUT2D eigenvalue weighted by atomic mass is 16.6. The molecular formula is C23H31NO4. The molecule has 3 atom stereocenters. The molecule has 0 radical (unpaired) electrons. The molecule has 0 amide bonds. The van der Waals surface area contributed by atoms with Gasteiger partial charge >= 0.3 is 0 Å². The Morgan fingerprint density at radius 3 is 2.46 bits per heavy atom. The van der Waals surface area contributed by atoms with Gasteiger partial charge in [-0.1, -0.05) is 35.9 Å². The van der Waals surface area contributed by atoms with Crippen molar-refractivity contribution < 1.29 is 19.0 Å². The van der Waals surface area contributed by atoms with E-state index < -0.39 is 0 Å². The lowest BCUT2D eigenvalue weighted by Crippen LogP contribution is -2.00. The first-order valence-corrected chi connectivity index (χ1v) is 9.97. The lowest BCUT2D eigenvalue weighted by Gasteiger charge is -2.12. The monoisotopic (exact) mass is 385 g/mol. The summed E-state index contributed by atoms with van der Waals surface area (Å²) in [5.41, 5.74) is 2.41. The largest absolute Gasteiger partial charge is 0.493 e. The topological polar surface area (TPSA) is 49.3 Å². The highest BCUT2D eigenvalue weighted by Gasteiger charge is 2.37. The Morgan fingerprint density at radius 2 is 1.86 bits per heavy atom. The van der Waals surface area contributed by atoms with Crippen molar-refractivity contribution in [1.82, 2.24) is 0 Å².